The first-order chi connectivity index (χ1) is 10.7. The molecule has 2 aromatic rings. The molecule has 2 N–H and O–H groups in total. The van der Waals surface area contributed by atoms with Gasteiger partial charge in [0.15, 0.2) is 0 Å². The Labute approximate surface area is 133 Å². The van der Waals surface area contributed by atoms with Crippen LogP contribution >= 0.6 is 11.3 Å². The fraction of sp³-hybridized carbons (Fsp3) is 0.375. The van der Waals surface area contributed by atoms with Crippen molar-refractivity contribution in [1.29, 1.82) is 0 Å². The number of amides is 1. The quantitative estimate of drug-likeness (QED) is 0.904. The van der Waals surface area contributed by atoms with Gasteiger partial charge in [-0.2, -0.15) is 0 Å². The molecule has 0 saturated carbocycles. The second-order valence-electron chi connectivity index (χ2n) is 5.56. The SMILES string of the molecule is O=C(N[C@@H]1CCCN(Cc2cccs2)C1)c1cccc(=O)[nH]1. The zero-order chi connectivity index (χ0) is 15.4. The fourth-order valence-corrected chi connectivity index (χ4v) is 3.53. The van der Waals surface area contributed by atoms with E-state index in [4.69, 9.17) is 0 Å². The van der Waals surface area contributed by atoms with Crippen LogP contribution in [0.1, 0.15) is 28.2 Å². The second kappa shape index (κ2) is 6.89. The molecule has 22 heavy (non-hydrogen) atoms. The molecular weight excluding hydrogens is 298 g/mol. The highest BCUT2D eigenvalue weighted by molar-refractivity contribution is 7.09. The molecule has 0 bridgehead atoms. The van der Waals surface area contributed by atoms with E-state index < -0.39 is 0 Å². The molecule has 1 aliphatic rings. The summed E-state index contributed by atoms with van der Waals surface area (Å²) in [6, 6.07) is 8.96. The molecule has 2 aromatic heterocycles. The molecule has 1 atom stereocenters. The maximum Gasteiger partial charge on any atom is 0.268 e. The van der Waals surface area contributed by atoms with Crippen LogP contribution in [0.2, 0.25) is 0 Å². The molecule has 116 valence electrons. The molecule has 0 aliphatic carbocycles. The summed E-state index contributed by atoms with van der Waals surface area (Å²) in [6.07, 6.45) is 2.05. The first-order valence-electron chi connectivity index (χ1n) is 7.45. The van der Waals surface area contributed by atoms with Crippen LogP contribution in [0.15, 0.2) is 40.5 Å². The normalized spacial score (nSPS) is 19.0. The van der Waals surface area contributed by atoms with E-state index in [0.29, 0.717) is 5.69 Å². The topological polar surface area (TPSA) is 65.2 Å². The van der Waals surface area contributed by atoms with Crippen LogP contribution in [0.25, 0.3) is 0 Å². The predicted octanol–water partition coefficient (Wildman–Crippen LogP) is 1.83. The summed E-state index contributed by atoms with van der Waals surface area (Å²) in [6.45, 7) is 2.85. The van der Waals surface area contributed by atoms with Crippen LogP contribution < -0.4 is 10.9 Å². The summed E-state index contributed by atoms with van der Waals surface area (Å²) in [5, 5.41) is 5.11. The largest absolute Gasteiger partial charge is 0.347 e. The Morgan fingerprint density at radius 3 is 3.05 bits per heavy atom. The average molecular weight is 317 g/mol. The Bertz CT molecular complexity index is 681. The van der Waals surface area contributed by atoms with E-state index >= 15 is 0 Å². The van der Waals surface area contributed by atoms with Crippen molar-refractivity contribution >= 4 is 17.2 Å². The highest BCUT2D eigenvalue weighted by Crippen LogP contribution is 2.17. The third-order valence-electron chi connectivity index (χ3n) is 3.81. The minimum absolute atomic E-state index is 0.130. The minimum Gasteiger partial charge on any atom is -0.347 e. The van der Waals surface area contributed by atoms with Gasteiger partial charge in [0.1, 0.15) is 5.69 Å². The summed E-state index contributed by atoms with van der Waals surface area (Å²) in [7, 11) is 0. The number of likely N-dealkylation sites (tertiary alicyclic amines) is 1. The van der Waals surface area contributed by atoms with E-state index in [-0.39, 0.29) is 17.5 Å². The first-order valence-corrected chi connectivity index (χ1v) is 8.33. The van der Waals surface area contributed by atoms with Crippen LogP contribution in [0, 0.1) is 0 Å². The number of hydrogen-bond acceptors (Lipinski definition) is 4. The average Bonchev–Trinajstić information content (AvgIpc) is 3.00. The molecular formula is C16H19N3O2S. The van der Waals surface area contributed by atoms with Crippen molar-refractivity contribution in [3.8, 4) is 0 Å². The van der Waals surface area contributed by atoms with Gasteiger partial charge in [0.05, 0.1) is 0 Å². The Morgan fingerprint density at radius 1 is 1.36 bits per heavy atom. The number of nitrogens with one attached hydrogen (secondary N) is 2. The minimum atomic E-state index is -0.254. The number of thiophene rings is 1. The Morgan fingerprint density at radius 2 is 2.27 bits per heavy atom. The van der Waals surface area contributed by atoms with E-state index in [9.17, 15) is 9.59 Å². The third kappa shape index (κ3) is 3.84. The molecule has 3 rings (SSSR count). The highest BCUT2D eigenvalue weighted by Gasteiger charge is 2.22. The zero-order valence-corrected chi connectivity index (χ0v) is 13.1. The lowest BCUT2D eigenvalue weighted by atomic mass is 10.1. The second-order valence-corrected chi connectivity index (χ2v) is 6.59. The van der Waals surface area contributed by atoms with Crippen molar-refractivity contribution in [3.63, 3.8) is 0 Å². The molecule has 0 unspecified atom stereocenters. The van der Waals surface area contributed by atoms with E-state index in [1.54, 1.807) is 23.5 Å². The van der Waals surface area contributed by atoms with E-state index in [0.717, 1.165) is 32.5 Å². The number of aromatic amines is 1. The Balaban J connectivity index is 1.58. The van der Waals surface area contributed by atoms with Crippen molar-refractivity contribution in [2.45, 2.75) is 25.4 Å². The Kier molecular flexibility index (Phi) is 4.70. The van der Waals surface area contributed by atoms with Gasteiger partial charge in [-0.1, -0.05) is 12.1 Å². The number of rotatable bonds is 4. The van der Waals surface area contributed by atoms with E-state index in [1.807, 2.05) is 0 Å². The van der Waals surface area contributed by atoms with E-state index in [1.165, 1.54) is 10.9 Å². The van der Waals surface area contributed by atoms with Crippen molar-refractivity contribution in [2.24, 2.45) is 0 Å². The molecule has 0 spiro atoms. The van der Waals surface area contributed by atoms with Gasteiger partial charge >= 0.3 is 0 Å². The summed E-state index contributed by atoms with van der Waals surface area (Å²) in [5.74, 6) is -0.208. The van der Waals surface area contributed by atoms with Gasteiger partial charge in [-0.3, -0.25) is 14.5 Å². The molecule has 1 saturated heterocycles. The maximum absolute atomic E-state index is 12.2. The van der Waals surface area contributed by atoms with Crippen LogP contribution in [-0.4, -0.2) is 34.9 Å². The number of aromatic nitrogens is 1. The molecule has 6 heteroatoms. The van der Waals surface area contributed by atoms with E-state index in [2.05, 4.69) is 32.7 Å². The lowest BCUT2D eigenvalue weighted by molar-refractivity contribution is 0.0896. The van der Waals surface area contributed by atoms with Crippen molar-refractivity contribution in [2.75, 3.05) is 13.1 Å². The smallest absolute Gasteiger partial charge is 0.268 e. The zero-order valence-electron chi connectivity index (χ0n) is 12.2. The molecule has 0 aromatic carbocycles. The molecule has 1 amide bonds. The number of pyridine rings is 1. The lowest BCUT2D eigenvalue weighted by Crippen LogP contribution is -2.47. The number of piperidine rings is 1. The number of nitrogens with zero attached hydrogens (tertiary/aromatic N) is 1. The summed E-state index contributed by atoms with van der Waals surface area (Å²) < 4.78 is 0. The number of hydrogen-bond donors (Lipinski definition) is 2. The van der Waals surface area contributed by atoms with Gasteiger partial charge in [-0.05, 0) is 36.9 Å². The lowest BCUT2D eigenvalue weighted by Gasteiger charge is -2.32. The number of H-pyrrole nitrogens is 1. The Hall–Kier alpha value is -1.92. The highest BCUT2D eigenvalue weighted by atomic mass is 32.1. The molecule has 1 fully saturated rings. The van der Waals surface area contributed by atoms with Gasteiger partial charge in [0.2, 0.25) is 5.56 Å². The molecule has 3 heterocycles. The van der Waals surface area contributed by atoms with Crippen molar-refractivity contribution in [3.05, 3.63) is 56.6 Å². The van der Waals surface area contributed by atoms with Gasteiger partial charge in [-0.25, -0.2) is 0 Å². The van der Waals surface area contributed by atoms with Crippen LogP contribution in [0.5, 0.6) is 0 Å². The van der Waals surface area contributed by atoms with Crippen molar-refractivity contribution < 1.29 is 4.79 Å². The molecule has 5 nitrogen and oxygen atoms in total. The van der Waals surface area contributed by atoms with Gasteiger partial charge < -0.3 is 10.3 Å². The summed E-state index contributed by atoms with van der Waals surface area (Å²) in [4.78, 5) is 29.7. The first kappa shape index (κ1) is 15.0. The van der Waals surface area contributed by atoms with Gasteiger partial charge in [0, 0.05) is 30.1 Å². The number of carbonyl (C=O) groups is 1. The standard InChI is InChI=1S/C16H19N3O2S/c20-15-7-1-6-14(18-15)16(21)17-12-4-2-8-19(10-12)11-13-5-3-9-22-13/h1,3,5-7,9,12H,2,4,8,10-11H2,(H,17,21)(H,18,20)/t12-/m1/s1. The van der Waals surface area contributed by atoms with Crippen LogP contribution in [0.4, 0.5) is 0 Å². The van der Waals surface area contributed by atoms with Crippen LogP contribution in [0.3, 0.4) is 0 Å². The number of carbonyl (C=O) groups excluding carboxylic acids is 1. The maximum atomic E-state index is 12.2. The summed E-state index contributed by atoms with van der Waals surface area (Å²) >= 11 is 1.76. The molecule has 1 aliphatic heterocycles. The monoisotopic (exact) mass is 317 g/mol. The van der Waals surface area contributed by atoms with Crippen LogP contribution in [-0.2, 0) is 6.54 Å². The van der Waals surface area contributed by atoms with Gasteiger partial charge in [0.25, 0.3) is 5.91 Å². The van der Waals surface area contributed by atoms with Gasteiger partial charge in [-0.15, -0.1) is 11.3 Å². The van der Waals surface area contributed by atoms with Crippen molar-refractivity contribution in [1.82, 2.24) is 15.2 Å². The fourth-order valence-electron chi connectivity index (χ4n) is 2.78. The predicted molar refractivity (Wildman–Crippen MR) is 87.1 cm³/mol. The molecule has 0 radical (unpaired) electrons. The summed E-state index contributed by atoms with van der Waals surface area (Å²) in [5.41, 5.74) is 0.0681. The third-order valence-corrected chi connectivity index (χ3v) is 4.67.